The molecule has 2 amide bonds. The largest absolute Gasteiger partial charge is 0.393 e. The molecule has 1 unspecified atom stereocenters. The maximum absolute atomic E-state index is 12.5. The molecule has 1 aromatic rings. The van der Waals surface area contributed by atoms with E-state index in [0.717, 1.165) is 12.8 Å². The topological polar surface area (TPSA) is 72.8 Å². The number of nitrogens with one attached hydrogen (secondary N) is 1. The lowest BCUT2D eigenvalue weighted by Crippen LogP contribution is -2.48. The number of hydrogen-bond donors (Lipinski definition) is 3. The van der Waals surface area contributed by atoms with Crippen LogP contribution in [0.15, 0.2) is 30.3 Å². The highest BCUT2D eigenvalue weighted by Gasteiger charge is 2.39. The summed E-state index contributed by atoms with van der Waals surface area (Å²) in [6.07, 6.45) is 6.27. The average Bonchev–Trinajstić information content (AvgIpc) is 3.04. The number of nitrogens with zero attached hydrogens (tertiary/aromatic N) is 1. The normalized spacial score (nSPS) is 26.3. The summed E-state index contributed by atoms with van der Waals surface area (Å²) in [5.41, 5.74) is 0.180. The predicted molar refractivity (Wildman–Crippen MR) is 92.8 cm³/mol. The number of benzene rings is 1. The first-order chi connectivity index (χ1) is 11.6. The van der Waals surface area contributed by atoms with Crippen LogP contribution in [0, 0.1) is 0 Å². The van der Waals surface area contributed by atoms with Crippen molar-refractivity contribution >= 4 is 6.03 Å². The first-order valence-corrected chi connectivity index (χ1v) is 8.99. The second-order valence-electron chi connectivity index (χ2n) is 7.42. The highest BCUT2D eigenvalue weighted by Crippen LogP contribution is 2.39. The fourth-order valence-corrected chi connectivity index (χ4v) is 4.10. The van der Waals surface area contributed by atoms with Crippen molar-refractivity contribution in [2.75, 3.05) is 26.2 Å². The standard InChI is InChI=1S/C19H28N2O3/c22-15-19(24)11-12-21(14-19)17(23)20-13-18(9-5-2-6-10-18)16-7-3-1-4-8-16/h1,3-4,7-8,22,24H,2,5-6,9-15H2,(H,20,23). The zero-order valence-electron chi connectivity index (χ0n) is 14.2. The van der Waals surface area contributed by atoms with Gasteiger partial charge in [-0.05, 0) is 24.8 Å². The van der Waals surface area contributed by atoms with Crippen molar-refractivity contribution < 1.29 is 15.0 Å². The lowest BCUT2D eigenvalue weighted by Gasteiger charge is -2.38. The maximum atomic E-state index is 12.5. The predicted octanol–water partition coefficient (Wildman–Crippen LogP) is 2.03. The van der Waals surface area contributed by atoms with Crippen molar-refractivity contribution in [3.63, 3.8) is 0 Å². The molecule has 1 saturated carbocycles. The summed E-state index contributed by atoms with van der Waals surface area (Å²) >= 11 is 0. The molecule has 1 aromatic carbocycles. The van der Waals surface area contributed by atoms with E-state index in [1.165, 1.54) is 24.8 Å². The van der Waals surface area contributed by atoms with Crippen molar-refractivity contribution in [1.29, 1.82) is 0 Å². The van der Waals surface area contributed by atoms with Gasteiger partial charge < -0.3 is 20.4 Å². The third-order valence-corrected chi connectivity index (χ3v) is 5.69. The molecule has 0 radical (unpaired) electrons. The minimum Gasteiger partial charge on any atom is -0.393 e. The van der Waals surface area contributed by atoms with Crippen molar-refractivity contribution in [3.8, 4) is 0 Å². The molecule has 1 heterocycles. The van der Waals surface area contributed by atoms with Gasteiger partial charge in [0.05, 0.1) is 13.2 Å². The summed E-state index contributed by atoms with van der Waals surface area (Å²) in [6.45, 7) is 1.02. The fourth-order valence-electron chi connectivity index (χ4n) is 4.10. The summed E-state index contributed by atoms with van der Waals surface area (Å²) in [5, 5.41) is 22.4. The Bertz CT molecular complexity index is 557. The molecule has 5 heteroatoms. The Kier molecular flexibility index (Phi) is 5.11. The van der Waals surface area contributed by atoms with E-state index >= 15 is 0 Å². The van der Waals surface area contributed by atoms with Crippen LogP contribution in [0.25, 0.3) is 0 Å². The number of aliphatic hydroxyl groups is 2. The van der Waals surface area contributed by atoms with Crippen LogP contribution in [0.3, 0.4) is 0 Å². The molecule has 24 heavy (non-hydrogen) atoms. The van der Waals surface area contributed by atoms with E-state index in [1.54, 1.807) is 4.90 Å². The Hall–Kier alpha value is -1.59. The lowest BCUT2D eigenvalue weighted by atomic mass is 9.69. The van der Waals surface area contributed by atoms with E-state index in [4.69, 9.17) is 0 Å². The molecule has 3 rings (SSSR count). The summed E-state index contributed by atoms with van der Waals surface area (Å²) in [5.74, 6) is 0. The minimum absolute atomic E-state index is 0.0160. The van der Waals surface area contributed by atoms with E-state index < -0.39 is 5.60 Å². The smallest absolute Gasteiger partial charge is 0.317 e. The van der Waals surface area contributed by atoms with Gasteiger partial charge >= 0.3 is 6.03 Å². The third kappa shape index (κ3) is 3.57. The molecule has 1 saturated heterocycles. The van der Waals surface area contributed by atoms with Crippen molar-refractivity contribution in [2.24, 2.45) is 0 Å². The molecule has 0 aromatic heterocycles. The zero-order chi connectivity index (χ0) is 17.0. The first-order valence-electron chi connectivity index (χ1n) is 8.99. The van der Waals surface area contributed by atoms with E-state index in [0.29, 0.717) is 19.5 Å². The third-order valence-electron chi connectivity index (χ3n) is 5.69. The van der Waals surface area contributed by atoms with Gasteiger partial charge in [0.2, 0.25) is 0 Å². The number of β-amino-alcohol motifs (C(OH)–C–C–N with tert-alkyl or cyclic N) is 1. The molecular formula is C19H28N2O3. The number of aliphatic hydroxyl groups excluding tert-OH is 1. The molecule has 132 valence electrons. The van der Waals surface area contributed by atoms with Gasteiger partial charge in [-0.3, -0.25) is 0 Å². The Balaban J connectivity index is 1.65. The van der Waals surface area contributed by atoms with E-state index in [1.807, 2.05) is 6.07 Å². The molecule has 1 atom stereocenters. The number of hydrogen-bond acceptors (Lipinski definition) is 3. The minimum atomic E-state index is -1.14. The Morgan fingerprint density at radius 3 is 2.46 bits per heavy atom. The number of carbonyl (C=O) groups is 1. The van der Waals surface area contributed by atoms with Crippen LogP contribution in [0.4, 0.5) is 4.79 Å². The Morgan fingerprint density at radius 1 is 1.12 bits per heavy atom. The van der Waals surface area contributed by atoms with Crippen LogP contribution >= 0.6 is 0 Å². The van der Waals surface area contributed by atoms with Gasteiger partial charge in [-0.15, -0.1) is 0 Å². The number of rotatable bonds is 4. The molecule has 2 aliphatic rings. The lowest BCUT2D eigenvalue weighted by molar-refractivity contribution is -0.00284. The van der Waals surface area contributed by atoms with Gasteiger partial charge in [-0.2, -0.15) is 0 Å². The SMILES string of the molecule is O=C(NCC1(c2ccccc2)CCCCC1)N1CCC(O)(CO)C1. The second-order valence-corrected chi connectivity index (χ2v) is 7.42. The highest BCUT2D eigenvalue weighted by molar-refractivity contribution is 5.74. The monoisotopic (exact) mass is 332 g/mol. The summed E-state index contributed by atoms with van der Waals surface area (Å²) in [6, 6.07) is 10.3. The molecule has 2 fully saturated rings. The molecule has 5 nitrogen and oxygen atoms in total. The van der Waals surface area contributed by atoms with Crippen LogP contribution < -0.4 is 5.32 Å². The maximum Gasteiger partial charge on any atom is 0.317 e. The zero-order valence-corrected chi connectivity index (χ0v) is 14.2. The number of amides is 2. The van der Waals surface area contributed by atoms with E-state index in [9.17, 15) is 15.0 Å². The van der Waals surface area contributed by atoms with Gasteiger partial charge in [0, 0.05) is 18.5 Å². The number of likely N-dealkylation sites (tertiary alicyclic amines) is 1. The molecule has 1 aliphatic heterocycles. The van der Waals surface area contributed by atoms with E-state index in [2.05, 4.69) is 29.6 Å². The quantitative estimate of drug-likeness (QED) is 0.790. The highest BCUT2D eigenvalue weighted by atomic mass is 16.3. The Morgan fingerprint density at radius 2 is 1.83 bits per heavy atom. The van der Waals surface area contributed by atoms with Gasteiger partial charge in [0.15, 0.2) is 0 Å². The molecular weight excluding hydrogens is 304 g/mol. The van der Waals surface area contributed by atoms with Crippen molar-refractivity contribution in [3.05, 3.63) is 35.9 Å². The molecule has 0 spiro atoms. The van der Waals surface area contributed by atoms with Gasteiger partial charge in [-0.1, -0.05) is 49.6 Å². The van der Waals surface area contributed by atoms with Crippen molar-refractivity contribution in [1.82, 2.24) is 10.2 Å². The van der Waals surface area contributed by atoms with E-state index in [-0.39, 0.29) is 24.6 Å². The molecule has 0 bridgehead atoms. The van der Waals surface area contributed by atoms with Crippen LogP contribution in [-0.4, -0.2) is 53.0 Å². The second kappa shape index (κ2) is 7.11. The van der Waals surface area contributed by atoms with Crippen molar-refractivity contribution in [2.45, 2.75) is 49.5 Å². The van der Waals surface area contributed by atoms with Crippen LogP contribution in [-0.2, 0) is 5.41 Å². The first kappa shape index (κ1) is 17.2. The number of urea groups is 1. The average molecular weight is 332 g/mol. The van der Waals surface area contributed by atoms with Gasteiger partial charge in [0.1, 0.15) is 5.60 Å². The van der Waals surface area contributed by atoms with Crippen LogP contribution in [0.5, 0.6) is 0 Å². The summed E-state index contributed by atoms with van der Waals surface area (Å²) in [7, 11) is 0. The Labute approximate surface area is 143 Å². The molecule has 1 aliphatic carbocycles. The fraction of sp³-hybridized carbons (Fsp3) is 0.632. The summed E-state index contributed by atoms with van der Waals surface area (Å²) in [4.78, 5) is 14.1. The van der Waals surface area contributed by atoms with Gasteiger partial charge in [-0.25, -0.2) is 4.79 Å². The summed E-state index contributed by atoms with van der Waals surface area (Å²) < 4.78 is 0. The number of carbonyl (C=O) groups excluding carboxylic acids is 1. The van der Waals surface area contributed by atoms with Crippen LogP contribution in [0.1, 0.15) is 44.1 Å². The molecule has 3 N–H and O–H groups in total. The van der Waals surface area contributed by atoms with Gasteiger partial charge in [0.25, 0.3) is 0 Å². The van der Waals surface area contributed by atoms with Crippen LogP contribution in [0.2, 0.25) is 0 Å².